The van der Waals surface area contributed by atoms with Crippen molar-refractivity contribution in [3.63, 3.8) is 0 Å². The van der Waals surface area contributed by atoms with Crippen molar-refractivity contribution in [2.45, 2.75) is 56.9 Å². The number of nitrogens with one attached hydrogen (secondary N) is 1. The van der Waals surface area contributed by atoms with Crippen molar-refractivity contribution in [2.24, 2.45) is 5.41 Å². The average molecular weight is 477 g/mol. The van der Waals surface area contributed by atoms with E-state index in [1.54, 1.807) is 6.92 Å². The summed E-state index contributed by atoms with van der Waals surface area (Å²) in [5, 5.41) is 12.6. The predicted octanol–water partition coefficient (Wildman–Crippen LogP) is 4.55. The first-order chi connectivity index (χ1) is 16.9. The molecular weight excluding hydrogens is 444 g/mol. The van der Waals surface area contributed by atoms with Gasteiger partial charge in [0.05, 0.1) is 5.41 Å². The van der Waals surface area contributed by atoms with E-state index in [4.69, 9.17) is 4.74 Å². The molecule has 7 nitrogen and oxygen atoms in total. The van der Waals surface area contributed by atoms with Crippen LogP contribution in [0.15, 0.2) is 48.5 Å². The van der Waals surface area contributed by atoms with Crippen LogP contribution in [-0.2, 0) is 14.3 Å². The Bertz CT molecular complexity index is 1110. The number of carbonyl (C=O) groups excluding carboxylic acids is 2. The van der Waals surface area contributed by atoms with E-state index in [1.165, 1.54) is 16.0 Å². The number of carbonyl (C=O) groups is 3. The van der Waals surface area contributed by atoms with Crippen molar-refractivity contribution >= 4 is 18.0 Å². The molecule has 5 rings (SSSR count). The minimum Gasteiger partial charge on any atom is -0.480 e. The summed E-state index contributed by atoms with van der Waals surface area (Å²) in [5.74, 6) is -1.16. The Kier molecular flexibility index (Phi) is 6.03. The average Bonchev–Trinajstić information content (AvgIpc) is 3.58. The molecule has 0 bridgehead atoms. The van der Waals surface area contributed by atoms with Crippen LogP contribution in [0, 0.1) is 5.41 Å². The summed E-state index contributed by atoms with van der Waals surface area (Å²) in [6, 6.07) is 16.3. The maximum Gasteiger partial charge on any atom is 0.407 e. The molecule has 0 unspecified atom stereocenters. The third-order valence-corrected chi connectivity index (χ3v) is 8.28. The quantitative estimate of drug-likeness (QED) is 0.638. The van der Waals surface area contributed by atoms with Gasteiger partial charge in [-0.3, -0.25) is 4.79 Å². The first-order valence-corrected chi connectivity index (χ1v) is 12.5. The molecule has 2 aromatic rings. The van der Waals surface area contributed by atoms with Crippen LogP contribution in [0.5, 0.6) is 0 Å². The number of amides is 2. The number of ether oxygens (including phenoxy) is 1. The fourth-order valence-corrected chi connectivity index (χ4v) is 6.21. The predicted molar refractivity (Wildman–Crippen MR) is 131 cm³/mol. The van der Waals surface area contributed by atoms with Gasteiger partial charge in [-0.15, -0.1) is 0 Å². The lowest BCUT2D eigenvalue weighted by atomic mass is 9.83. The van der Waals surface area contributed by atoms with E-state index in [1.807, 2.05) is 24.3 Å². The number of hydrogen-bond acceptors (Lipinski definition) is 4. The normalized spacial score (nSPS) is 22.5. The Hall–Kier alpha value is -3.35. The topological polar surface area (TPSA) is 95.9 Å². The first kappa shape index (κ1) is 23.4. The lowest BCUT2D eigenvalue weighted by Crippen LogP contribution is -2.57. The van der Waals surface area contributed by atoms with E-state index in [0.717, 1.165) is 24.0 Å². The van der Waals surface area contributed by atoms with Gasteiger partial charge >= 0.3 is 12.1 Å². The van der Waals surface area contributed by atoms with Crippen molar-refractivity contribution in [1.29, 1.82) is 0 Å². The van der Waals surface area contributed by atoms with Gasteiger partial charge in [0.1, 0.15) is 12.1 Å². The maximum atomic E-state index is 13.6. The number of nitrogens with zero attached hydrogens (tertiary/aromatic N) is 1. The molecule has 7 heteroatoms. The van der Waals surface area contributed by atoms with Gasteiger partial charge in [0.15, 0.2) is 0 Å². The summed E-state index contributed by atoms with van der Waals surface area (Å²) in [5.41, 5.74) is 2.67. The molecule has 2 N–H and O–H groups in total. The molecular formula is C28H32N2O5. The van der Waals surface area contributed by atoms with Gasteiger partial charge in [0, 0.05) is 19.0 Å². The molecule has 0 aromatic heterocycles. The van der Waals surface area contributed by atoms with Crippen LogP contribution in [0.1, 0.15) is 62.5 Å². The summed E-state index contributed by atoms with van der Waals surface area (Å²) in [6.07, 6.45) is 3.62. The zero-order chi connectivity index (χ0) is 24.6. The number of likely N-dealkylation sites (tertiary alicyclic amines) is 1. The van der Waals surface area contributed by atoms with Crippen molar-refractivity contribution < 1.29 is 24.2 Å². The molecule has 3 aliphatic rings. The highest BCUT2D eigenvalue weighted by atomic mass is 16.5. The van der Waals surface area contributed by atoms with Gasteiger partial charge in [0.2, 0.25) is 5.91 Å². The number of benzene rings is 2. The van der Waals surface area contributed by atoms with E-state index in [-0.39, 0.29) is 25.0 Å². The molecule has 2 fully saturated rings. The summed E-state index contributed by atoms with van der Waals surface area (Å²) in [6.45, 7) is 2.44. The third-order valence-electron chi connectivity index (χ3n) is 8.28. The van der Waals surface area contributed by atoms with E-state index >= 15 is 0 Å². The Morgan fingerprint density at radius 3 is 2.17 bits per heavy atom. The molecule has 2 aromatic carbocycles. The minimum atomic E-state index is -1.18. The summed E-state index contributed by atoms with van der Waals surface area (Å²) in [4.78, 5) is 39.8. The van der Waals surface area contributed by atoms with E-state index in [9.17, 15) is 19.5 Å². The molecule has 2 amide bonds. The molecule has 0 radical (unpaired) electrons. The SMILES string of the molecule is C[C@]1(C(=O)O)CCCN1C(=O)C1(CNC(=O)OCC2c3ccccc3-c3ccccc32)CCCC1. The van der Waals surface area contributed by atoms with Gasteiger partial charge < -0.3 is 20.1 Å². The molecule has 0 spiro atoms. The van der Waals surface area contributed by atoms with Crippen molar-refractivity contribution in [1.82, 2.24) is 10.2 Å². The Morgan fingerprint density at radius 2 is 1.57 bits per heavy atom. The Labute approximate surface area is 205 Å². The van der Waals surface area contributed by atoms with Gasteiger partial charge in [-0.1, -0.05) is 61.4 Å². The molecule has 1 atom stereocenters. The van der Waals surface area contributed by atoms with E-state index < -0.39 is 23.0 Å². The van der Waals surface area contributed by atoms with Crippen LogP contribution in [0.2, 0.25) is 0 Å². The Morgan fingerprint density at radius 1 is 0.971 bits per heavy atom. The molecule has 35 heavy (non-hydrogen) atoms. The first-order valence-electron chi connectivity index (χ1n) is 12.5. The second-order valence-electron chi connectivity index (χ2n) is 10.3. The van der Waals surface area contributed by atoms with Crippen molar-refractivity contribution in [3.05, 3.63) is 59.7 Å². The van der Waals surface area contributed by atoms with Gasteiger partial charge in [-0.25, -0.2) is 9.59 Å². The van der Waals surface area contributed by atoms with Gasteiger partial charge in [0.25, 0.3) is 0 Å². The van der Waals surface area contributed by atoms with Crippen molar-refractivity contribution in [3.8, 4) is 11.1 Å². The number of carboxylic acid groups (broad SMARTS) is 1. The van der Waals surface area contributed by atoms with Crippen LogP contribution in [0.4, 0.5) is 4.79 Å². The lowest BCUT2D eigenvalue weighted by molar-refractivity contribution is -0.159. The fourth-order valence-electron chi connectivity index (χ4n) is 6.21. The Balaban J connectivity index is 1.25. The molecule has 1 aliphatic heterocycles. The highest BCUT2D eigenvalue weighted by Crippen LogP contribution is 2.45. The molecule has 184 valence electrons. The fraction of sp³-hybridized carbons (Fsp3) is 0.464. The zero-order valence-corrected chi connectivity index (χ0v) is 20.1. The zero-order valence-electron chi connectivity index (χ0n) is 20.1. The highest BCUT2D eigenvalue weighted by molar-refractivity contribution is 5.91. The number of rotatable bonds is 6. The van der Waals surface area contributed by atoms with Crippen molar-refractivity contribution in [2.75, 3.05) is 19.7 Å². The third kappa shape index (κ3) is 3.97. The summed E-state index contributed by atoms with van der Waals surface area (Å²) in [7, 11) is 0. The van der Waals surface area contributed by atoms with Crippen LogP contribution in [0.25, 0.3) is 11.1 Å². The smallest absolute Gasteiger partial charge is 0.407 e. The lowest BCUT2D eigenvalue weighted by Gasteiger charge is -2.38. The molecule has 1 heterocycles. The largest absolute Gasteiger partial charge is 0.480 e. The standard InChI is InChI=1S/C28H32N2O5/c1-27(25(32)33)13-8-16-30(27)24(31)28(14-6-7-15-28)18-29-26(34)35-17-23-21-11-4-2-9-19(21)20-10-3-5-12-22(20)23/h2-5,9-12,23H,6-8,13-18H2,1H3,(H,29,34)(H,32,33)/t27-/m1/s1. The minimum absolute atomic E-state index is 0.0314. The van der Waals surface area contributed by atoms with Crippen LogP contribution >= 0.6 is 0 Å². The maximum absolute atomic E-state index is 13.6. The van der Waals surface area contributed by atoms with E-state index in [2.05, 4.69) is 29.6 Å². The number of alkyl carbamates (subject to hydrolysis) is 1. The second-order valence-corrected chi connectivity index (χ2v) is 10.3. The monoisotopic (exact) mass is 476 g/mol. The molecule has 1 saturated carbocycles. The van der Waals surface area contributed by atoms with Gasteiger partial charge in [-0.2, -0.15) is 0 Å². The second kappa shape index (κ2) is 9.02. The number of aliphatic carboxylic acids is 1. The van der Waals surface area contributed by atoms with Crippen LogP contribution in [-0.4, -0.2) is 53.2 Å². The highest BCUT2D eigenvalue weighted by Gasteiger charge is 2.52. The molecule has 2 aliphatic carbocycles. The van der Waals surface area contributed by atoms with E-state index in [0.29, 0.717) is 32.2 Å². The van der Waals surface area contributed by atoms with Gasteiger partial charge in [-0.05, 0) is 54.9 Å². The van der Waals surface area contributed by atoms with Crippen LogP contribution in [0.3, 0.4) is 0 Å². The number of fused-ring (bicyclic) bond motifs is 3. The number of hydrogen-bond donors (Lipinski definition) is 2. The van der Waals surface area contributed by atoms with Crippen LogP contribution < -0.4 is 5.32 Å². The summed E-state index contributed by atoms with van der Waals surface area (Å²) >= 11 is 0. The molecule has 1 saturated heterocycles. The summed E-state index contributed by atoms with van der Waals surface area (Å²) < 4.78 is 5.66. The number of carboxylic acids is 1.